The normalized spacial score (nSPS) is 13.9. The van der Waals surface area contributed by atoms with E-state index < -0.39 is 11.4 Å². The summed E-state index contributed by atoms with van der Waals surface area (Å²) in [6.07, 6.45) is 3.41. The Kier molecular flexibility index (Phi) is 5.56. The topological polar surface area (TPSA) is 87.3 Å². The van der Waals surface area contributed by atoms with Gasteiger partial charge in [0.05, 0.1) is 13.2 Å². The zero-order chi connectivity index (χ0) is 14.5. The average molecular weight is 285 g/mol. The minimum atomic E-state index is -1.01. The largest absolute Gasteiger partial charge is 0.465 e. The van der Waals surface area contributed by atoms with E-state index in [2.05, 4.69) is 9.97 Å². The molecule has 6 nitrogen and oxygen atoms in total. The van der Waals surface area contributed by atoms with E-state index in [1.807, 2.05) is 6.26 Å². The van der Waals surface area contributed by atoms with Gasteiger partial charge in [-0.15, -0.1) is 0 Å². The SMILES string of the molecule is CCOC(=O)C(C)(COC)c1cnc(SC)nc1N. The molecule has 1 aromatic rings. The Morgan fingerprint density at radius 3 is 2.74 bits per heavy atom. The van der Waals surface area contributed by atoms with Crippen molar-refractivity contribution in [1.82, 2.24) is 9.97 Å². The highest BCUT2D eigenvalue weighted by Gasteiger charge is 2.39. The van der Waals surface area contributed by atoms with Crippen LogP contribution in [-0.2, 0) is 19.7 Å². The zero-order valence-electron chi connectivity index (χ0n) is 11.6. The van der Waals surface area contributed by atoms with Crippen molar-refractivity contribution in [3.63, 3.8) is 0 Å². The highest BCUT2D eigenvalue weighted by Crippen LogP contribution is 2.30. The highest BCUT2D eigenvalue weighted by molar-refractivity contribution is 7.98. The molecule has 0 amide bonds. The number of ether oxygens (including phenoxy) is 2. The smallest absolute Gasteiger partial charge is 0.318 e. The summed E-state index contributed by atoms with van der Waals surface area (Å²) in [6, 6.07) is 0. The lowest BCUT2D eigenvalue weighted by Crippen LogP contribution is -2.39. The first kappa shape index (κ1) is 15.7. The number of nitrogens with two attached hydrogens (primary N) is 1. The van der Waals surface area contributed by atoms with Crippen molar-refractivity contribution >= 4 is 23.5 Å². The lowest BCUT2D eigenvalue weighted by molar-refractivity contribution is -0.151. The van der Waals surface area contributed by atoms with Crippen molar-refractivity contribution in [3.8, 4) is 0 Å². The van der Waals surface area contributed by atoms with Crippen LogP contribution in [0.3, 0.4) is 0 Å². The van der Waals surface area contributed by atoms with Gasteiger partial charge in [0.1, 0.15) is 11.2 Å². The summed E-state index contributed by atoms with van der Waals surface area (Å²) in [5, 5.41) is 0.560. The minimum absolute atomic E-state index is 0.151. The first-order chi connectivity index (χ1) is 8.99. The summed E-state index contributed by atoms with van der Waals surface area (Å²) in [4.78, 5) is 20.4. The Labute approximate surface area is 117 Å². The Hall–Kier alpha value is -1.34. The molecule has 0 bridgehead atoms. The molecule has 0 saturated carbocycles. The van der Waals surface area contributed by atoms with E-state index in [0.29, 0.717) is 17.3 Å². The fraction of sp³-hybridized carbons (Fsp3) is 0.583. The van der Waals surface area contributed by atoms with Gasteiger partial charge < -0.3 is 15.2 Å². The molecule has 1 atom stereocenters. The van der Waals surface area contributed by atoms with Crippen LogP contribution in [0, 0.1) is 0 Å². The maximum atomic E-state index is 12.1. The van der Waals surface area contributed by atoms with Crippen LogP contribution < -0.4 is 5.73 Å². The molecule has 1 aromatic heterocycles. The highest BCUT2D eigenvalue weighted by atomic mass is 32.2. The molecular formula is C12H19N3O3S. The van der Waals surface area contributed by atoms with Gasteiger partial charge in [-0.3, -0.25) is 4.79 Å². The Morgan fingerprint density at radius 2 is 2.26 bits per heavy atom. The summed E-state index contributed by atoms with van der Waals surface area (Å²) in [7, 11) is 1.52. The van der Waals surface area contributed by atoms with E-state index in [-0.39, 0.29) is 12.4 Å². The molecule has 0 aromatic carbocycles. The van der Waals surface area contributed by atoms with E-state index >= 15 is 0 Å². The second-order valence-corrected chi connectivity index (χ2v) is 4.91. The van der Waals surface area contributed by atoms with Crippen molar-refractivity contribution in [1.29, 1.82) is 0 Å². The van der Waals surface area contributed by atoms with Gasteiger partial charge in [0.25, 0.3) is 0 Å². The maximum Gasteiger partial charge on any atom is 0.318 e. The third-order valence-electron chi connectivity index (χ3n) is 2.73. The first-order valence-electron chi connectivity index (χ1n) is 5.82. The van der Waals surface area contributed by atoms with Crippen LogP contribution in [0.5, 0.6) is 0 Å². The lowest BCUT2D eigenvalue weighted by atomic mass is 9.84. The van der Waals surface area contributed by atoms with Gasteiger partial charge in [0.2, 0.25) is 0 Å². The number of hydrogen-bond acceptors (Lipinski definition) is 7. The molecule has 0 aliphatic rings. The van der Waals surface area contributed by atoms with Crippen LogP contribution in [0.15, 0.2) is 11.4 Å². The van der Waals surface area contributed by atoms with Crippen LogP contribution in [0.25, 0.3) is 0 Å². The van der Waals surface area contributed by atoms with E-state index in [1.165, 1.54) is 18.9 Å². The Bertz CT molecular complexity index is 456. The molecule has 2 N–H and O–H groups in total. The monoisotopic (exact) mass is 285 g/mol. The number of hydrogen-bond donors (Lipinski definition) is 1. The fourth-order valence-electron chi connectivity index (χ4n) is 1.73. The van der Waals surface area contributed by atoms with Gasteiger partial charge in [-0.05, 0) is 20.1 Å². The van der Waals surface area contributed by atoms with Crippen LogP contribution in [0.1, 0.15) is 19.4 Å². The number of methoxy groups -OCH3 is 1. The summed E-state index contributed by atoms with van der Waals surface area (Å²) in [5.41, 5.74) is 5.43. The summed E-state index contributed by atoms with van der Waals surface area (Å²) in [6.45, 7) is 3.91. The van der Waals surface area contributed by atoms with E-state index in [4.69, 9.17) is 15.2 Å². The Balaban J connectivity index is 3.21. The zero-order valence-corrected chi connectivity index (χ0v) is 12.4. The second-order valence-electron chi connectivity index (χ2n) is 4.14. The van der Waals surface area contributed by atoms with Gasteiger partial charge in [-0.1, -0.05) is 11.8 Å². The van der Waals surface area contributed by atoms with Crippen LogP contribution in [-0.4, -0.2) is 42.5 Å². The van der Waals surface area contributed by atoms with Gasteiger partial charge in [-0.25, -0.2) is 9.97 Å². The van der Waals surface area contributed by atoms with Crippen LogP contribution >= 0.6 is 11.8 Å². The van der Waals surface area contributed by atoms with E-state index in [1.54, 1.807) is 20.0 Å². The van der Waals surface area contributed by atoms with Crippen molar-refractivity contribution in [3.05, 3.63) is 11.8 Å². The number of esters is 1. The maximum absolute atomic E-state index is 12.1. The molecule has 1 heterocycles. The Morgan fingerprint density at radius 1 is 1.58 bits per heavy atom. The molecule has 7 heteroatoms. The molecule has 0 spiro atoms. The molecule has 0 aliphatic heterocycles. The lowest BCUT2D eigenvalue weighted by Gasteiger charge is -2.27. The van der Waals surface area contributed by atoms with Crippen LogP contribution in [0.4, 0.5) is 5.82 Å². The quantitative estimate of drug-likeness (QED) is 0.478. The number of nitrogens with zero attached hydrogens (tertiary/aromatic N) is 2. The number of carbonyl (C=O) groups excluding carboxylic acids is 1. The standard InChI is InChI=1S/C12H19N3O3S/c1-5-18-10(16)12(2,7-17-3)8-6-14-11(19-4)15-9(8)13/h6H,5,7H2,1-4H3,(H2,13,14,15). The summed E-state index contributed by atoms with van der Waals surface area (Å²) in [5.74, 6) is -0.129. The molecule has 19 heavy (non-hydrogen) atoms. The average Bonchev–Trinajstić information content (AvgIpc) is 2.38. The van der Waals surface area contributed by atoms with Gasteiger partial charge in [-0.2, -0.15) is 0 Å². The fourth-order valence-corrected chi connectivity index (χ4v) is 2.07. The predicted octanol–water partition coefficient (Wildman–Crippen LogP) is 1.25. The van der Waals surface area contributed by atoms with E-state index in [9.17, 15) is 4.79 Å². The number of anilines is 1. The van der Waals surface area contributed by atoms with Crippen molar-refractivity contribution in [2.45, 2.75) is 24.4 Å². The summed E-state index contributed by atoms with van der Waals surface area (Å²) >= 11 is 1.38. The molecule has 106 valence electrons. The molecular weight excluding hydrogens is 266 g/mol. The second kappa shape index (κ2) is 6.72. The molecule has 1 unspecified atom stereocenters. The summed E-state index contributed by atoms with van der Waals surface area (Å²) < 4.78 is 10.2. The number of nitrogen functional groups attached to an aromatic ring is 1. The van der Waals surface area contributed by atoms with Gasteiger partial charge >= 0.3 is 5.97 Å². The van der Waals surface area contributed by atoms with Crippen molar-refractivity contribution in [2.75, 3.05) is 32.3 Å². The van der Waals surface area contributed by atoms with Crippen LogP contribution in [0.2, 0.25) is 0 Å². The predicted molar refractivity (Wildman–Crippen MR) is 74.1 cm³/mol. The molecule has 0 radical (unpaired) electrons. The third kappa shape index (κ3) is 3.36. The van der Waals surface area contributed by atoms with Gasteiger partial charge in [0.15, 0.2) is 5.16 Å². The first-order valence-corrected chi connectivity index (χ1v) is 7.05. The molecule has 0 saturated heterocycles. The van der Waals surface area contributed by atoms with Gasteiger partial charge in [0, 0.05) is 18.9 Å². The molecule has 0 aliphatic carbocycles. The molecule has 0 fully saturated rings. The number of thioether (sulfide) groups is 1. The van der Waals surface area contributed by atoms with Crippen molar-refractivity contribution in [2.24, 2.45) is 0 Å². The minimum Gasteiger partial charge on any atom is -0.465 e. The number of aromatic nitrogens is 2. The molecule has 1 rings (SSSR count). The van der Waals surface area contributed by atoms with E-state index in [0.717, 1.165) is 0 Å². The number of carbonyl (C=O) groups is 1. The third-order valence-corrected chi connectivity index (χ3v) is 3.29. The number of rotatable bonds is 6. The van der Waals surface area contributed by atoms with Crippen molar-refractivity contribution < 1.29 is 14.3 Å².